The molecule has 4 heteroatoms. The third-order valence-electron chi connectivity index (χ3n) is 3.50. The lowest BCUT2D eigenvalue weighted by atomic mass is 10.1. The number of hydrogen-bond donors (Lipinski definition) is 1. The number of ether oxygens (including phenoxy) is 1. The molecule has 1 heterocycles. The average molecular weight is 276 g/mol. The van der Waals surface area contributed by atoms with Crippen molar-refractivity contribution < 1.29 is 9.53 Å². The molecule has 1 saturated heterocycles. The van der Waals surface area contributed by atoms with Crippen molar-refractivity contribution in [3.05, 3.63) is 29.8 Å². The largest absolute Gasteiger partial charge is 0.491 e. The molecule has 0 aromatic heterocycles. The smallest absolute Gasteiger partial charge is 0.227 e. The van der Waals surface area contributed by atoms with Crippen LogP contribution in [0.2, 0.25) is 0 Å². The molecule has 0 aliphatic carbocycles. The Bertz CT molecular complexity index is 460. The molecule has 1 aromatic rings. The summed E-state index contributed by atoms with van der Waals surface area (Å²) in [4.78, 5) is 14.4. The minimum absolute atomic E-state index is 0.115. The molecule has 1 aromatic carbocycles. The summed E-state index contributed by atoms with van der Waals surface area (Å²) in [6.07, 6.45) is 0.525. The first-order valence-corrected chi connectivity index (χ1v) is 7.32. The maximum atomic E-state index is 12.5. The molecular weight excluding hydrogens is 252 g/mol. The van der Waals surface area contributed by atoms with Crippen LogP contribution in [0, 0.1) is 0 Å². The van der Waals surface area contributed by atoms with E-state index in [-0.39, 0.29) is 18.1 Å². The summed E-state index contributed by atoms with van der Waals surface area (Å²) >= 11 is 0. The summed E-state index contributed by atoms with van der Waals surface area (Å²) in [6.45, 7) is 8.61. The van der Waals surface area contributed by atoms with E-state index in [2.05, 4.69) is 12.2 Å². The zero-order chi connectivity index (χ0) is 14.5. The van der Waals surface area contributed by atoms with Gasteiger partial charge in [0.05, 0.1) is 12.5 Å². The molecule has 0 spiro atoms. The molecule has 1 atom stereocenters. The van der Waals surface area contributed by atoms with Crippen molar-refractivity contribution in [1.82, 2.24) is 10.2 Å². The van der Waals surface area contributed by atoms with E-state index < -0.39 is 0 Å². The highest BCUT2D eigenvalue weighted by Crippen LogP contribution is 2.21. The van der Waals surface area contributed by atoms with Gasteiger partial charge in [-0.25, -0.2) is 0 Å². The van der Waals surface area contributed by atoms with Crippen LogP contribution in [0.25, 0.3) is 0 Å². The standard InChI is InChI=1S/C16H24N2O2/c1-12(2)20-15-7-5-4-6-14(15)10-16(19)18-9-8-17-11-13(18)3/h4-7,12-13,17H,8-11H2,1-3H3. The number of amides is 1. The topological polar surface area (TPSA) is 41.6 Å². The summed E-state index contributed by atoms with van der Waals surface area (Å²) in [7, 11) is 0. The molecule has 0 radical (unpaired) electrons. The van der Waals surface area contributed by atoms with Crippen molar-refractivity contribution in [3.63, 3.8) is 0 Å². The lowest BCUT2D eigenvalue weighted by Crippen LogP contribution is -2.52. The second kappa shape index (κ2) is 6.75. The molecule has 1 aliphatic heterocycles. The third-order valence-corrected chi connectivity index (χ3v) is 3.50. The van der Waals surface area contributed by atoms with Crippen LogP contribution in [0.15, 0.2) is 24.3 Å². The molecule has 1 amide bonds. The summed E-state index contributed by atoms with van der Waals surface area (Å²) in [5.74, 6) is 0.998. The minimum atomic E-state index is 0.115. The Hall–Kier alpha value is -1.55. The van der Waals surface area contributed by atoms with Crippen molar-refractivity contribution in [2.45, 2.75) is 39.3 Å². The van der Waals surface area contributed by atoms with E-state index in [1.165, 1.54) is 0 Å². The van der Waals surface area contributed by atoms with E-state index >= 15 is 0 Å². The molecule has 110 valence electrons. The lowest BCUT2D eigenvalue weighted by molar-refractivity contribution is -0.133. The number of hydrogen-bond acceptors (Lipinski definition) is 3. The molecule has 20 heavy (non-hydrogen) atoms. The lowest BCUT2D eigenvalue weighted by Gasteiger charge is -2.34. The van der Waals surface area contributed by atoms with Crippen LogP contribution in [-0.4, -0.2) is 42.6 Å². The van der Waals surface area contributed by atoms with Gasteiger partial charge in [0.1, 0.15) is 5.75 Å². The van der Waals surface area contributed by atoms with Crippen LogP contribution in [0.3, 0.4) is 0 Å². The molecule has 2 rings (SSSR count). The number of rotatable bonds is 4. The summed E-state index contributed by atoms with van der Waals surface area (Å²) in [5.41, 5.74) is 0.969. The van der Waals surface area contributed by atoms with Gasteiger partial charge in [-0.05, 0) is 26.8 Å². The second-order valence-corrected chi connectivity index (χ2v) is 5.59. The van der Waals surface area contributed by atoms with Gasteiger partial charge in [0.25, 0.3) is 0 Å². The van der Waals surface area contributed by atoms with Crippen LogP contribution in [0.1, 0.15) is 26.3 Å². The number of nitrogens with one attached hydrogen (secondary N) is 1. The first-order chi connectivity index (χ1) is 9.58. The zero-order valence-electron chi connectivity index (χ0n) is 12.6. The Morgan fingerprint density at radius 3 is 2.90 bits per heavy atom. The SMILES string of the molecule is CC(C)Oc1ccccc1CC(=O)N1CCNCC1C. The van der Waals surface area contributed by atoms with Crippen molar-refractivity contribution in [1.29, 1.82) is 0 Å². The highest BCUT2D eigenvalue weighted by molar-refractivity contribution is 5.80. The quantitative estimate of drug-likeness (QED) is 0.912. The number of carbonyl (C=O) groups excluding carboxylic acids is 1. The normalized spacial score (nSPS) is 19.2. The molecule has 1 fully saturated rings. The number of nitrogens with zero attached hydrogens (tertiary/aromatic N) is 1. The Morgan fingerprint density at radius 2 is 2.20 bits per heavy atom. The first-order valence-electron chi connectivity index (χ1n) is 7.32. The molecule has 1 N–H and O–H groups in total. The maximum absolute atomic E-state index is 12.5. The molecule has 1 aliphatic rings. The van der Waals surface area contributed by atoms with E-state index in [1.54, 1.807) is 0 Å². The fraction of sp³-hybridized carbons (Fsp3) is 0.562. The first kappa shape index (κ1) is 14.9. The van der Waals surface area contributed by atoms with Gasteiger partial charge in [0, 0.05) is 31.2 Å². The van der Waals surface area contributed by atoms with Gasteiger partial charge in [-0.2, -0.15) is 0 Å². The third kappa shape index (κ3) is 3.73. The number of para-hydroxylation sites is 1. The summed E-state index contributed by atoms with van der Waals surface area (Å²) in [5, 5.41) is 3.30. The Labute approximate surface area is 121 Å². The minimum Gasteiger partial charge on any atom is -0.491 e. The fourth-order valence-corrected chi connectivity index (χ4v) is 2.49. The van der Waals surface area contributed by atoms with Gasteiger partial charge in [-0.1, -0.05) is 18.2 Å². The Morgan fingerprint density at radius 1 is 1.45 bits per heavy atom. The van der Waals surface area contributed by atoms with Crippen molar-refractivity contribution >= 4 is 5.91 Å². The molecule has 4 nitrogen and oxygen atoms in total. The van der Waals surface area contributed by atoms with Crippen LogP contribution < -0.4 is 10.1 Å². The molecular formula is C16H24N2O2. The van der Waals surface area contributed by atoms with Crippen LogP contribution in [0.4, 0.5) is 0 Å². The predicted molar refractivity (Wildman–Crippen MR) is 80.0 cm³/mol. The molecule has 0 saturated carbocycles. The van der Waals surface area contributed by atoms with Crippen LogP contribution in [0.5, 0.6) is 5.75 Å². The predicted octanol–water partition coefficient (Wildman–Crippen LogP) is 1.84. The fourth-order valence-electron chi connectivity index (χ4n) is 2.49. The van der Waals surface area contributed by atoms with Gasteiger partial charge in [0.2, 0.25) is 5.91 Å². The summed E-state index contributed by atoms with van der Waals surface area (Å²) < 4.78 is 5.78. The van der Waals surface area contributed by atoms with Gasteiger partial charge < -0.3 is 15.0 Å². The van der Waals surface area contributed by atoms with E-state index in [0.717, 1.165) is 30.9 Å². The second-order valence-electron chi connectivity index (χ2n) is 5.59. The van der Waals surface area contributed by atoms with Crippen LogP contribution in [-0.2, 0) is 11.2 Å². The van der Waals surface area contributed by atoms with Gasteiger partial charge in [-0.3, -0.25) is 4.79 Å². The van der Waals surface area contributed by atoms with Crippen molar-refractivity contribution in [3.8, 4) is 5.75 Å². The van der Waals surface area contributed by atoms with E-state index in [9.17, 15) is 4.79 Å². The van der Waals surface area contributed by atoms with Gasteiger partial charge in [0.15, 0.2) is 0 Å². The van der Waals surface area contributed by atoms with E-state index in [4.69, 9.17) is 4.74 Å². The molecule has 0 bridgehead atoms. The average Bonchev–Trinajstić information content (AvgIpc) is 2.41. The van der Waals surface area contributed by atoms with E-state index in [0.29, 0.717) is 6.42 Å². The number of carbonyl (C=O) groups is 1. The van der Waals surface area contributed by atoms with Gasteiger partial charge >= 0.3 is 0 Å². The maximum Gasteiger partial charge on any atom is 0.227 e. The monoisotopic (exact) mass is 276 g/mol. The zero-order valence-corrected chi connectivity index (χ0v) is 12.6. The van der Waals surface area contributed by atoms with E-state index in [1.807, 2.05) is 43.0 Å². The summed E-state index contributed by atoms with van der Waals surface area (Å²) in [6, 6.07) is 8.07. The number of benzene rings is 1. The molecule has 1 unspecified atom stereocenters. The Balaban J connectivity index is 2.07. The number of piperazine rings is 1. The highest BCUT2D eigenvalue weighted by Gasteiger charge is 2.23. The van der Waals surface area contributed by atoms with Gasteiger partial charge in [-0.15, -0.1) is 0 Å². The van der Waals surface area contributed by atoms with Crippen molar-refractivity contribution in [2.75, 3.05) is 19.6 Å². The Kier molecular flexibility index (Phi) is 5.01. The van der Waals surface area contributed by atoms with Crippen LogP contribution >= 0.6 is 0 Å². The van der Waals surface area contributed by atoms with Crippen molar-refractivity contribution in [2.24, 2.45) is 0 Å². The highest BCUT2D eigenvalue weighted by atomic mass is 16.5.